The average Bonchev–Trinajstić information content (AvgIpc) is 2.71. The molecule has 0 fully saturated rings. The molecule has 5 heteroatoms. The Morgan fingerprint density at radius 2 is 2.00 bits per heavy atom. The number of ether oxygens (including phenoxy) is 2. The summed E-state index contributed by atoms with van der Waals surface area (Å²) >= 11 is 0. The van der Waals surface area contributed by atoms with Gasteiger partial charge >= 0.3 is 6.09 Å². The van der Waals surface area contributed by atoms with Gasteiger partial charge in [0.15, 0.2) is 0 Å². The normalized spacial score (nSPS) is 13.0. The van der Waals surface area contributed by atoms with Crippen molar-refractivity contribution in [3.63, 3.8) is 0 Å². The maximum absolute atomic E-state index is 11.9. The lowest BCUT2D eigenvalue weighted by molar-refractivity contribution is 0.0504. The molecular formula is C18H26N2O3. The summed E-state index contributed by atoms with van der Waals surface area (Å²) in [5, 5.41) is 4.01. The molecule has 0 radical (unpaired) electrons. The monoisotopic (exact) mass is 318 g/mol. The average molecular weight is 318 g/mol. The van der Waals surface area contributed by atoms with Gasteiger partial charge in [-0.1, -0.05) is 0 Å². The van der Waals surface area contributed by atoms with Crippen LogP contribution in [0, 0.1) is 6.92 Å². The zero-order valence-electron chi connectivity index (χ0n) is 14.8. The van der Waals surface area contributed by atoms with E-state index in [9.17, 15) is 4.79 Å². The zero-order chi connectivity index (χ0) is 17.2. The van der Waals surface area contributed by atoms with E-state index in [0.29, 0.717) is 6.54 Å². The molecule has 0 aliphatic heterocycles. The van der Waals surface area contributed by atoms with Gasteiger partial charge in [-0.2, -0.15) is 0 Å². The van der Waals surface area contributed by atoms with E-state index < -0.39 is 5.60 Å². The number of carbonyl (C=O) groups excluding carboxylic acids is 1. The summed E-state index contributed by atoms with van der Waals surface area (Å²) in [4.78, 5) is 11.9. The first-order valence-corrected chi connectivity index (χ1v) is 7.83. The van der Waals surface area contributed by atoms with Crippen LogP contribution in [0.1, 0.15) is 33.4 Å². The number of alkyl carbamates (subject to hydrolysis) is 1. The number of methoxy groups -OCH3 is 1. The zero-order valence-corrected chi connectivity index (χ0v) is 14.8. The molecule has 1 aromatic heterocycles. The Hall–Kier alpha value is -2.17. The molecule has 0 saturated heterocycles. The van der Waals surface area contributed by atoms with E-state index in [1.54, 1.807) is 7.11 Å². The smallest absolute Gasteiger partial charge is 0.407 e. The van der Waals surface area contributed by atoms with Gasteiger partial charge in [0, 0.05) is 29.2 Å². The first-order chi connectivity index (χ1) is 10.7. The summed E-state index contributed by atoms with van der Waals surface area (Å²) in [6.07, 6.45) is -0.388. The number of fused-ring (bicyclic) bond motifs is 1. The number of hydrogen-bond donors (Lipinski definition) is 1. The van der Waals surface area contributed by atoms with Gasteiger partial charge in [-0.3, -0.25) is 0 Å². The third kappa shape index (κ3) is 4.41. The van der Waals surface area contributed by atoms with Crippen molar-refractivity contribution in [3.8, 4) is 5.75 Å². The van der Waals surface area contributed by atoms with Gasteiger partial charge in [0.1, 0.15) is 11.4 Å². The maximum Gasteiger partial charge on any atom is 0.407 e. The predicted molar refractivity (Wildman–Crippen MR) is 92.1 cm³/mol. The van der Waals surface area contributed by atoms with Crippen LogP contribution in [0.25, 0.3) is 10.9 Å². The highest BCUT2D eigenvalue weighted by molar-refractivity contribution is 5.83. The molecule has 2 aromatic rings. The lowest BCUT2D eigenvalue weighted by Crippen LogP contribution is -2.39. The molecule has 0 saturated carbocycles. The molecule has 2 rings (SSSR count). The van der Waals surface area contributed by atoms with E-state index in [1.807, 2.05) is 45.9 Å². The fourth-order valence-electron chi connectivity index (χ4n) is 2.58. The van der Waals surface area contributed by atoms with E-state index in [2.05, 4.69) is 22.9 Å². The second kappa shape index (κ2) is 6.52. The lowest BCUT2D eigenvalue weighted by atomic mass is 10.2. The Bertz CT molecular complexity index is 698. The van der Waals surface area contributed by atoms with Gasteiger partial charge in [-0.25, -0.2) is 4.79 Å². The molecule has 0 spiro atoms. The molecule has 1 amide bonds. The number of aromatic nitrogens is 1. The summed E-state index contributed by atoms with van der Waals surface area (Å²) in [5.74, 6) is 0.842. The Kier molecular flexibility index (Phi) is 4.88. The van der Waals surface area contributed by atoms with Crippen LogP contribution in [-0.4, -0.2) is 29.4 Å². The van der Waals surface area contributed by atoms with Crippen LogP contribution < -0.4 is 10.1 Å². The number of hydrogen-bond acceptors (Lipinski definition) is 3. The third-order valence-corrected chi connectivity index (χ3v) is 3.54. The van der Waals surface area contributed by atoms with E-state index in [1.165, 1.54) is 0 Å². The van der Waals surface area contributed by atoms with Gasteiger partial charge in [0.2, 0.25) is 0 Å². The number of nitrogens with one attached hydrogen (secondary N) is 1. The van der Waals surface area contributed by atoms with Gasteiger partial charge in [-0.05, 0) is 58.9 Å². The first-order valence-electron chi connectivity index (χ1n) is 7.83. The van der Waals surface area contributed by atoms with E-state index in [4.69, 9.17) is 9.47 Å². The molecule has 126 valence electrons. The molecule has 0 aliphatic rings. The SMILES string of the molecule is COc1ccc2c(c1)cc(C)n2CC(C)NC(=O)OC(C)(C)C. The molecule has 23 heavy (non-hydrogen) atoms. The Morgan fingerprint density at radius 3 is 2.61 bits per heavy atom. The first kappa shape index (κ1) is 17.2. The quantitative estimate of drug-likeness (QED) is 0.931. The van der Waals surface area contributed by atoms with E-state index in [0.717, 1.165) is 22.3 Å². The summed E-state index contributed by atoms with van der Waals surface area (Å²) in [6.45, 7) is 10.3. The van der Waals surface area contributed by atoms with Crippen LogP contribution in [0.4, 0.5) is 4.79 Å². The molecule has 1 atom stereocenters. The van der Waals surface area contributed by atoms with Crippen molar-refractivity contribution < 1.29 is 14.3 Å². The van der Waals surface area contributed by atoms with Crippen molar-refractivity contribution in [2.24, 2.45) is 0 Å². The number of carbonyl (C=O) groups is 1. The van der Waals surface area contributed by atoms with Crippen LogP contribution in [0.2, 0.25) is 0 Å². The van der Waals surface area contributed by atoms with Crippen LogP contribution in [0.15, 0.2) is 24.3 Å². The van der Waals surface area contributed by atoms with Crippen molar-refractivity contribution in [3.05, 3.63) is 30.0 Å². The van der Waals surface area contributed by atoms with Crippen molar-refractivity contribution >= 4 is 17.0 Å². The predicted octanol–water partition coefficient (Wildman–Crippen LogP) is 3.87. The topological polar surface area (TPSA) is 52.5 Å². The second-order valence-electron chi connectivity index (χ2n) is 6.87. The van der Waals surface area contributed by atoms with Crippen LogP contribution >= 0.6 is 0 Å². The molecule has 0 aliphatic carbocycles. The molecule has 1 heterocycles. The van der Waals surface area contributed by atoms with Crippen LogP contribution in [0.5, 0.6) is 5.75 Å². The van der Waals surface area contributed by atoms with Gasteiger partial charge in [-0.15, -0.1) is 0 Å². The van der Waals surface area contributed by atoms with Crippen LogP contribution in [0.3, 0.4) is 0 Å². The number of aryl methyl sites for hydroxylation is 1. The number of nitrogens with zero attached hydrogens (tertiary/aromatic N) is 1. The minimum absolute atomic E-state index is 0.0405. The molecule has 1 aromatic carbocycles. The highest BCUT2D eigenvalue weighted by atomic mass is 16.6. The Balaban J connectivity index is 2.12. The second-order valence-corrected chi connectivity index (χ2v) is 6.87. The van der Waals surface area contributed by atoms with Crippen molar-refractivity contribution in [2.45, 2.75) is 52.8 Å². The summed E-state index contributed by atoms with van der Waals surface area (Å²) in [5.41, 5.74) is 1.78. The third-order valence-electron chi connectivity index (χ3n) is 3.54. The molecule has 1 unspecified atom stereocenters. The van der Waals surface area contributed by atoms with Crippen molar-refractivity contribution in [1.82, 2.24) is 9.88 Å². The van der Waals surface area contributed by atoms with Crippen molar-refractivity contribution in [1.29, 1.82) is 0 Å². The highest BCUT2D eigenvalue weighted by Gasteiger charge is 2.18. The van der Waals surface area contributed by atoms with Crippen molar-refractivity contribution in [2.75, 3.05) is 7.11 Å². The van der Waals surface area contributed by atoms with E-state index in [-0.39, 0.29) is 12.1 Å². The standard InChI is InChI=1S/C18H26N2O3/c1-12(19-17(21)23-18(3,4)5)11-20-13(2)9-14-10-15(22-6)7-8-16(14)20/h7-10,12H,11H2,1-6H3,(H,19,21). The van der Waals surface area contributed by atoms with Gasteiger partial charge < -0.3 is 19.4 Å². The summed E-state index contributed by atoms with van der Waals surface area (Å²) in [6, 6.07) is 8.09. The fraction of sp³-hybridized carbons (Fsp3) is 0.500. The van der Waals surface area contributed by atoms with Gasteiger partial charge in [0.25, 0.3) is 0 Å². The number of benzene rings is 1. The molecular weight excluding hydrogens is 292 g/mol. The highest BCUT2D eigenvalue weighted by Crippen LogP contribution is 2.24. The summed E-state index contributed by atoms with van der Waals surface area (Å²) < 4.78 is 12.8. The number of amides is 1. The fourth-order valence-corrected chi connectivity index (χ4v) is 2.58. The Morgan fingerprint density at radius 1 is 1.30 bits per heavy atom. The maximum atomic E-state index is 11.9. The minimum atomic E-state index is -0.490. The largest absolute Gasteiger partial charge is 0.497 e. The lowest BCUT2D eigenvalue weighted by Gasteiger charge is -2.22. The molecule has 0 bridgehead atoms. The summed E-state index contributed by atoms with van der Waals surface area (Å²) in [7, 11) is 1.66. The molecule has 1 N–H and O–H groups in total. The Labute approximate surface area is 137 Å². The van der Waals surface area contributed by atoms with E-state index >= 15 is 0 Å². The van der Waals surface area contributed by atoms with Gasteiger partial charge in [0.05, 0.1) is 7.11 Å². The number of rotatable bonds is 4. The molecule has 5 nitrogen and oxygen atoms in total. The minimum Gasteiger partial charge on any atom is -0.497 e. The van der Waals surface area contributed by atoms with Crippen LogP contribution in [-0.2, 0) is 11.3 Å².